The van der Waals surface area contributed by atoms with E-state index >= 15 is 0 Å². The Kier molecular flexibility index (Phi) is 6.27. The van der Waals surface area contributed by atoms with Crippen LogP contribution in [0.15, 0.2) is 48.5 Å². The molecule has 0 saturated heterocycles. The van der Waals surface area contributed by atoms with E-state index in [9.17, 15) is 13.2 Å². The number of nitrogens with zero attached hydrogens (tertiary/aromatic N) is 1. The molecule has 0 unspecified atom stereocenters. The molecule has 1 N–H and O–H groups in total. The maximum Gasteiger partial charge on any atom is 0.252 e. The van der Waals surface area contributed by atoms with Crippen molar-refractivity contribution >= 4 is 33.2 Å². The molecule has 6 nitrogen and oxygen atoms in total. The lowest BCUT2D eigenvalue weighted by molar-refractivity contribution is 0.0955. The van der Waals surface area contributed by atoms with Gasteiger partial charge in [0.25, 0.3) is 5.91 Å². The molecule has 0 saturated carbocycles. The second-order valence-electron chi connectivity index (χ2n) is 5.27. The molecule has 1 amide bonds. The van der Waals surface area contributed by atoms with E-state index in [0.717, 1.165) is 6.26 Å². The van der Waals surface area contributed by atoms with Crippen molar-refractivity contribution in [2.45, 2.75) is 0 Å². The number of carbonyl (C=O) groups is 1. The Hall–Kier alpha value is -2.25. The van der Waals surface area contributed by atoms with Crippen LogP contribution in [0, 0.1) is 0 Å². The number of halogens is 1. The third kappa shape index (κ3) is 5.11. The van der Waals surface area contributed by atoms with Crippen LogP contribution in [-0.4, -0.2) is 40.8 Å². The molecule has 0 atom stereocenters. The van der Waals surface area contributed by atoms with Gasteiger partial charge in [-0.2, -0.15) is 0 Å². The Balaban J connectivity index is 2.09. The van der Waals surface area contributed by atoms with Crippen molar-refractivity contribution < 1.29 is 17.9 Å². The van der Waals surface area contributed by atoms with Crippen molar-refractivity contribution in [1.29, 1.82) is 0 Å². The number of hydrogen-bond donors (Lipinski definition) is 1. The molecule has 2 aromatic rings. The van der Waals surface area contributed by atoms with Gasteiger partial charge in [0.2, 0.25) is 10.0 Å². The molecule has 8 heteroatoms. The second kappa shape index (κ2) is 8.22. The summed E-state index contributed by atoms with van der Waals surface area (Å²) < 4.78 is 30.5. The fourth-order valence-electron chi connectivity index (χ4n) is 2.26. The van der Waals surface area contributed by atoms with E-state index in [-0.39, 0.29) is 19.0 Å². The maximum atomic E-state index is 12.2. The second-order valence-corrected chi connectivity index (χ2v) is 7.59. The first kappa shape index (κ1) is 19.1. The van der Waals surface area contributed by atoms with Gasteiger partial charge in [0, 0.05) is 12.6 Å². The first-order valence-electron chi connectivity index (χ1n) is 7.47. The molecular formula is C17H19ClN2O4S. The average molecular weight is 383 g/mol. The number of rotatable bonds is 7. The van der Waals surface area contributed by atoms with Crippen LogP contribution in [0.3, 0.4) is 0 Å². The molecule has 0 fully saturated rings. The lowest BCUT2D eigenvalue weighted by atomic mass is 10.2. The number of amides is 1. The highest BCUT2D eigenvalue weighted by atomic mass is 35.5. The molecule has 0 radical (unpaired) electrons. The highest BCUT2D eigenvalue weighted by Gasteiger charge is 2.18. The molecule has 2 rings (SSSR count). The first-order chi connectivity index (χ1) is 11.8. The first-order valence-corrected chi connectivity index (χ1v) is 9.70. The average Bonchev–Trinajstić information content (AvgIpc) is 2.58. The van der Waals surface area contributed by atoms with Gasteiger partial charge in [-0.05, 0) is 24.3 Å². The normalized spacial score (nSPS) is 11.0. The molecule has 0 aliphatic rings. The third-order valence-corrected chi connectivity index (χ3v) is 4.98. The summed E-state index contributed by atoms with van der Waals surface area (Å²) in [6.45, 7) is 0.219. The monoisotopic (exact) mass is 382 g/mol. The summed E-state index contributed by atoms with van der Waals surface area (Å²) in [5.74, 6) is 0.191. The van der Waals surface area contributed by atoms with Gasteiger partial charge in [-0.15, -0.1) is 0 Å². The van der Waals surface area contributed by atoms with Crippen molar-refractivity contribution in [2.24, 2.45) is 0 Å². The fraction of sp³-hybridized carbons (Fsp3) is 0.235. The summed E-state index contributed by atoms with van der Waals surface area (Å²) in [5.41, 5.74) is 0.810. The zero-order chi connectivity index (χ0) is 18.4. The van der Waals surface area contributed by atoms with E-state index in [0.29, 0.717) is 22.0 Å². The van der Waals surface area contributed by atoms with Gasteiger partial charge in [-0.1, -0.05) is 29.8 Å². The van der Waals surface area contributed by atoms with Gasteiger partial charge in [-0.25, -0.2) is 8.42 Å². The van der Waals surface area contributed by atoms with Crippen LogP contribution < -0.4 is 14.4 Å². The van der Waals surface area contributed by atoms with Gasteiger partial charge in [0.05, 0.1) is 36.2 Å². The minimum absolute atomic E-state index is 0.0855. The molecule has 0 aromatic heterocycles. The summed E-state index contributed by atoms with van der Waals surface area (Å²) in [5, 5.41) is 3.02. The maximum absolute atomic E-state index is 12.2. The largest absolute Gasteiger partial charge is 0.497 e. The van der Waals surface area contributed by atoms with Crippen molar-refractivity contribution in [3.8, 4) is 5.75 Å². The van der Waals surface area contributed by atoms with E-state index in [2.05, 4.69) is 5.32 Å². The van der Waals surface area contributed by atoms with Crippen LogP contribution in [0.25, 0.3) is 0 Å². The van der Waals surface area contributed by atoms with Crippen LogP contribution in [0.4, 0.5) is 5.69 Å². The number of anilines is 1. The molecule has 2 aromatic carbocycles. The predicted octanol–water partition coefficient (Wildman–Crippen LogP) is 2.54. The highest BCUT2D eigenvalue weighted by molar-refractivity contribution is 7.92. The van der Waals surface area contributed by atoms with Crippen molar-refractivity contribution in [3.05, 3.63) is 59.1 Å². The van der Waals surface area contributed by atoms with Crippen LogP contribution in [0.5, 0.6) is 5.75 Å². The number of hydrogen-bond acceptors (Lipinski definition) is 4. The standard InChI is InChI=1S/C17H19ClN2O4S/c1-24-14-7-5-6-13(12-14)20(25(2,22)23)11-10-19-17(21)15-8-3-4-9-16(15)18/h3-9,12H,10-11H2,1-2H3,(H,19,21). The van der Waals surface area contributed by atoms with Gasteiger partial charge in [0.15, 0.2) is 0 Å². The number of carbonyl (C=O) groups excluding carboxylic acids is 1. The summed E-state index contributed by atoms with van der Waals surface area (Å²) in [6.07, 6.45) is 1.11. The van der Waals surface area contributed by atoms with Crippen LogP contribution in [0.1, 0.15) is 10.4 Å². The molecule has 134 valence electrons. The molecule has 0 bridgehead atoms. The summed E-state index contributed by atoms with van der Waals surface area (Å²) >= 11 is 5.98. The quantitative estimate of drug-likeness (QED) is 0.798. The molecule has 0 spiro atoms. The van der Waals surface area contributed by atoms with Crippen molar-refractivity contribution in [1.82, 2.24) is 5.32 Å². The Morgan fingerprint density at radius 1 is 1.20 bits per heavy atom. The molecule has 0 aliphatic heterocycles. The van der Waals surface area contributed by atoms with E-state index in [1.165, 1.54) is 11.4 Å². The number of ether oxygens (including phenoxy) is 1. The lowest BCUT2D eigenvalue weighted by Gasteiger charge is -2.23. The van der Waals surface area contributed by atoms with Gasteiger partial charge >= 0.3 is 0 Å². The van der Waals surface area contributed by atoms with E-state index in [4.69, 9.17) is 16.3 Å². The van der Waals surface area contributed by atoms with E-state index < -0.39 is 10.0 Å². The summed E-state index contributed by atoms with van der Waals surface area (Å²) in [7, 11) is -2.01. The highest BCUT2D eigenvalue weighted by Crippen LogP contribution is 2.22. The molecule has 0 aliphatic carbocycles. The zero-order valence-corrected chi connectivity index (χ0v) is 15.5. The molecular weight excluding hydrogens is 364 g/mol. The number of sulfonamides is 1. The fourth-order valence-corrected chi connectivity index (χ4v) is 3.40. The minimum atomic E-state index is -3.51. The number of benzene rings is 2. The predicted molar refractivity (Wildman–Crippen MR) is 99.0 cm³/mol. The zero-order valence-electron chi connectivity index (χ0n) is 13.9. The summed E-state index contributed by atoms with van der Waals surface area (Å²) in [6, 6.07) is 13.4. The lowest BCUT2D eigenvalue weighted by Crippen LogP contribution is -2.38. The Morgan fingerprint density at radius 3 is 2.56 bits per heavy atom. The van der Waals surface area contributed by atoms with Crippen LogP contribution in [0.2, 0.25) is 5.02 Å². The SMILES string of the molecule is COc1cccc(N(CCNC(=O)c2ccccc2Cl)S(C)(=O)=O)c1. The van der Waals surface area contributed by atoms with Gasteiger partial charge in [0.1, 0.15) is 5.75 Å². The Morgan fingerprint density at radius 2 is 1.92 bits per heavy atom. The Bertz CT molecular complexity index is 855. The van der Waals surface area contributed by atoms with Crippen molar-refractivity contribution in [2.75, 3.05) is 30.8 Å². The smallest absolute Gasteiger partial charge is 0.252 e. The Labute approximate surface area is 152 Å². The number of nitrogens with one attached hydrogen (secondary N) is 1. The molecule has 0 heterocycles. The topological polar surface area (TPSA) is 75.7 Å². The van der Waals surface area contributed by atoms with Gasteiger partial charge in [-0.3, -0.25) is 9.10 Å². The summed E-state index contributed by atoms with van der Waals surface area (Å²) in [4.78, 5) is 12.2. The van der Waals surface area contributed by atoms with Gasteiger partial charge < -0.3 is 10.1 Å². The van der Waals surface area contributed by atoms with E-state index in [1.807, 2.05) is 0 Å². The van der Waals surface area contributed by atoms with E-state index in [1.54, 1.807) is 48.5 Å². The van der Waals surface area contributed by atoms with Crippen LogP contribution >= 0.6 is 11.6 Å². The third-order valence-electron chi connectivity index (χ3n) is 3.46. The number of methoxy groups -OCH3 is 1. The van der Waals surface area contributed by atoms with Crippen molar-refractivity contribution in [3.63, 3.8) is 0 Å². The van der Waals surface area contributed by atoms with Crippen LogP contribution in [-0.2, 0) is 10.0 Å². The minimum Gasteiger partial charge on any atom is -0.497 e. The molecule has 25 heavy (non-hydrogen) atoms.